The summed E-state index contributed by atoms with van der Waals surface area (Å²) in [5, 5.41) is 5.73. The van der Waals surface area contributed by atoms with Crippen LogP contribution in [0.1, 0.15) is 31.0 Å². The molecular formula is C12H20N2O2S. The summed E-state index contributed by atoms with van der Waals surface area (Å²) in [6.45, 7) is 5.54. The maximum absolute atomic E-state index is 11.6. The maximum atomic E-state index is 11.6. The van der Waals surface area contributed by atoms with Crippen LogP contribution in [0.15, 0.2) is 5.38 Å². The molecule has 5 heteroatoms. The molecule has 4 nitrogen and oxygen atoms in total. The number of hydrogen-bond acceptors (Lipinski definition) is 4. The number of thiazole rings is 1. The number of methoxy groups -OCH3 is 1. The van der Waals surface area contributed by atoms with E-state index in [4.69, 9.17) is 4.74 Å². The van der Waals surface area contributed by atoms with Crippen LogP contribution in [-0.2, 0) is 22.6 Å². The molecular weight excluding hydrogens is 236 g/mol. The van der Waals surface area contributed by atoms with Gasteiger partial charge in [0.2, 0.25) is 5.91 Å². The van der Waals surface area contributed by atoms with Gasteiger partial charge in [-0.15, -0.1) is 11.3 Å². The normalized spacial score (nSPS) is 10.8. The first-order valence-electron chi connectivity index (χ1n) is 5.80. The van der Waals surface area contributed by atoms with E-state index in [0.29, 0.717) is 18.9 Å². The quantitative estimate of drug-likeness (QED) is 0.811. The summed E-state index contributed by atoms with van der Waals surface area (Å²) in [7, 11) is 1.64. The van der Waals surface area contributed by atoms with Gasteiger partial charge < -0.3 is 10.1 Å². The molecule has 1 N–H and O–H groups in total. The van der Waals surface area contributed by atoms with Crippen LogP contribution in [0.3, 0.4) is 0 Å². The molecule has 0 fully saturated rings. The molecule has 1 aromatic heterocycles. The van der Waals surface area contributed by atoms with Gasteiger partial charge in [-0.1, -0.05) is 13.8 Å². The Balaban J connectivity index is 2.29. The first kappa shape index (κ1) is 14.1. The number of hydrogen-bond donors (Lipinski definition) is 1. The molecule has 0 atom stereocenters. The lowest BCUT2D eigenvalue weighted by molar-refractivity contribution is -0.120. The number of carbonyl (C=O) groups is 1. The number of carbonyl (C=O) groups excluding carboxylic acids is 1. The van der Waals surface area contributed by atoms with Gasteiger partial charge in [-0.2, -0.15) is 0 Å². The molecule has 0 aliphatic rings. The Morgan fingerprint density at radius 3 is 3.00 bits per heavy atom. The molecule has 0 bridgehead atoms. The van der Waals surface area contributed by atoms with Crippen molar-refractivity contribution in [3.63, 3.8) is 0 Å². The monoisotopic (exact) mass is 256 g/mol. The van der Waals surface area contributed by atoms with Crippen LogP contribution in [0.5, 0.6) is 0 Å². The average molecular weight is 256 g/mol. The van der Waals surface area contributed by atoms with E-state index >= 15 is 0 Å². The molecule has 0 aliphatic carbocycles. The Hall–Kier alpha value is -0.940. The van der Waals surface area contributed by atoms with E-state index in [9.17, 15) is 4.79 Å². The number of nitrogens with zero attached hydrogens (tertiary/aromatic N) is 1. The van der Waals surface area contributed by atoms with Gasteiger partial charge in [-0.25, -0.2) is 4.98 Å². The summed E-state index contributed by atoms with van der Waals surface area (Å²) >= 11 is 1.53. The van der Waals surface area contributed by atoms with Gasteiger partial charge in [0.1, 0.15) is 5.01 Å². The van der Waals surface area contributed by atoms with Crippen molar-refractivity contribution in [2.24, 2.45) is 5.92 Å². The number of aromatic nitrogens is 1. The van der Waals surface area contributed by atoms with Crippen LogP contribution >= 0.6 is 11.3 Å². The Morgan fingerprint density at radius 2 is 2.35 bits per heavy atom. The number of amides is 1. The summed E-state index contributed by atoms with van der Waals surface area (Å²) in [4.78, 5) is 15.9. The molecule has 17 heavy (non-hydrogen) atoms. The van der Waals surface area contributed by atoms with Gasteiger partial charge >= 0.3 is 0 Å². The van der Waals surface area contributed by atoms with E-state index in [0.717, 1.165) is 23.7 Å². The van der Waals surface area contributed by atoms with E-state index in [1.807, 2.05) is 5.38 Å². The zero-order valence-electron chi connectivity index (χ0n) is 10.7. The SMILES string of the molecule is COCc1nc(CC(=O)NCCC(C)C)cs1. The Morgan fingerprint density at radius 1 is 1.59 bits per heavy atom. The predicted molar refractivity (Wildman–Crippen MR) is 69.0 cm³/mol. The number of rotatable bonds is 7. The largest absolute Gasteiger partial charge is 0.378 e. The van der Waals surface area contributed by atoms with Crippen LogP contribution in [0.4, 0.5) is 0 Å². The summed E-state index contributed by atoms with van der Waals surface area (Å²) in [5.74, 6) is 0.655. The van der Waals surface area contributed by atoms with Gasteiger partial charge in [-0.3, -0.25) is 4.79 Å². The second-order valence-corrected chi connectivity index (χ2v) is 5.32. The molecule has 1 amide bonds. The highest BCUT2D eigenvalue weighted by Crippen LogP contribution is 2.11. The Bertz CT molecular complexity index is 350. The zero-order chi connectivity index (χ0) is 12.7. The highest BCUT2D eigenvalue weighted by atomic mass is 32.1. The number of ether oxygens (including phenoxy) is 1. The van der Waals surface area contributed by atoms with Crippen molar-refractivity contribution in [3.8, 4) is 0 Å². The summed E-state index contributed by atoms with van der Waals surface area (Å²) in [6.07, 6.45) is 1.37. The van der Waals surface area contributed by atoms with Gasteiger partial charge in [0.25, 0.3) is 0 Å². The van der Waals surface area contributed by atoms with Crippen LogP contribution in [-0.4, -0.2) is 24.5 Å². The molecule has 0 aromatic carbocycles. The smallest absolute Gasteiger partial charge is 0.226 e. The van der Waals surface area contributed by atoms with Crippen LogP contribution in [0.25, 0.3) is 0 Å². The minimum atomic E-state index is 0.0416. The molecule has 1 rings (SSSR count). The van der Waals surface area contributed by atoms with Crippen LogP contribution in [0, 0.1) is 5.92 Å². The molecule has 96 valence electrons. The number of nitrogens with one attached hydrogen (secondary N) is 1. The first-order chi connectivity index (χ1) is 8.11. The topological polar surface area (TPSA) is 51.2 Å². The summed E-state index contributed by atoms with van der Waals surface area (Å²) < 4.78 is 4.98. The van der Waals surface area contributed by atoms with E-state index in [1.165, 1.54) is 11.3 Å². The van der Waals surface area contributed by atoms with Crippen molar-refractivity contribution < 1.29 is 9.53 Å². The highest BCUT2D eigenvalue weighted by molar-refractivity contribution is 7.09. The van der Waals surface area contributed by atoms with Crippen LogP contribution < -0.4 is 5.32 Å². The van der Waals surface area contributed by atoms with E-state index in [2.05, 4.69) is 24.1 Å². The van der Waals surface area contributed by atoms with E-state index < -0.39 is 0 Å². The standard InChI is InChI=1S/C12H20N2O2S/c1-9(2)4-5-13-11(15)6-10-8-17-12(14-10)7-16-3/h8-9H,4-7H2,1-3H3,(H,13,15). The molecule has 0 saturated heterocycles. The molecule has 0 spiro atoms. The Kier molecular flexibility index (Phi) is 6.15. The third-order valence-corrected chi connectivity index (χ3v) is 3.12. The van der Waals surface area contributed by atoms with Gasteiger partial charge in [0.15, 0.2) is 0 Å². The molecule has 0 unspecified atom stereocenters. The van der Waals surface area contributed by atoms with Crippen LogP contribution in [0.2, 0.25) is 0 Å². The molecule has 0 saturated carbocycles. The average Bonchev–Trinajstić information content (AvgIpc) is 2.65. The van der Waals surface area contributed by atoms with Gasteiger partial charge in [0, 0.05) is 19.0 Å². The highest BCUT2D eigenvalue weighted by Gasteiger charge is 2.07. The van der Waals surface area contributed by atoms with Crippen molar-refractivity contribution in [2.45, 2.75) is 33.3 Å². The molecule has 1 heterocycles. The second kappa shape index (κ2) is 7.40. The lowest BCUT2D eigenvalue weighted by atomic mass is 10.1. The molecule has 0 aliphatic heterocycles. The summed E-state index contributed by atoms with van der Waals surface area (Å²) in [5.41, 5.74) is 0.823. The maximum Gasteiger partial charge on any atom is 0.226 e. The van der Waals surface area contributed by atoms with Crippen molar-refractivity contribution in [1.29, 1.82) is 0 Å². The molecule has 0 radical (unpaired) electrons. The third-order valence-electron chi connectivity index (χ3n) is 2.25. The Labute approximate surface area is 106 Å². The predicted octanol–water partition coefficient (Wildman–Crippen LogP) is 1.99. The van der Waals surface area contributed by atoms with Gasteiger partial charge in [0.05, 0.1) is 18.7 Å². The first-order valence-corrected chi connectivity index (χ1v) is 6.68. The lowest BCUT2D eigenvalue weighted by Gasteiger charge is -2.05. The fourth-order valence-electron chi connectivity index (χ4n) is 1.35. The van der Waals surface area contributed by atoms with Crippen molar-refractivity contribution >= 4 is 17.2 Å². The van der Waals surface area contributed by atoms with Gasteiger partial charge in [-0.05, 0) is 12.3 Å². The van der Waals surface area contributed by atoms with Crippen molar-refractivity contribution in [1.82, 2.24) is 10.3 Å². The zero-order valence-corrected chi connectivity index (χ0v) is 11.5. The minimum absolute atomic E-state index is 0.0416. The van der Waals surface area contributed by atoms with E-state index in [1.54, 1.807) is 7.11 Å². The van der Waals surface area contributed by atoms with Crippen molar-refractivity contribution in [3.05, 3.63) is 16.1 Å². The second-order valence-electron chi connectivity index (χ2n) is 4.37. The minimum Gasteiger partial charge on any atom is -0.378 e. The summed E-state index contributed by atoms with van der Waals surface area (Å²) in [6, 6.07) is 0. The van der Waals surface area contributed by atoms with Crippen molar-refractivity contribution in [2.75, 3.05) is 13.7 Å². The fraction of sp³-hybridized carbons (Fsp3) is 0.667. The molecule has 1 aromatic rings. The fourth-order valence-corrected chi connectivity index (χ4v) is 2.11. The third kappa shape index (κ3) is 5.79. The lowest BCUT2D eigenvalue weighted by Crippen LogP contribution is -2.26. The van der Waals surface area contributed by atoms with E-state index in [-0.39, 0.29) is 5.91 Å².